The second-order valence-corrected chi connectivity index (χ2v) is 5.93. The maximum absolute atomic E-state index is 11.3. The van der Waals surface area contributed by atoms with Crippen molar-refractivity contribution in [2.45, 2.75) is 6.92 Å². The summed E-state index contributed by atoms with van der Waals surface area (Å²) in [6.45, 7) is 1.57. The van der Waals surface area contributed by atoms with E-state index in [4.69, 9.17) is 11.6 Å². The van der Waals surface area contributed by atoms with Crippen LogP contribution in [0.1, 0.15) is 6.92 Å². The van der Waals surface area contributed by atoms with Gasteiger partial charge >= 0.3 is 0 Å². The van der Waals surface area contributed by atoms with Gasteiger partial charge in [0.05, 0.1) is 11.4 Å². The summed E-state index contributed by atoms with van der Waals surface area (Å²) in [4.78, 5) is 0. The Bertz CT molecular complexity index is 433. The molecule has 1 aromatic rings. The summed E-state index contributed by atoms with van der Waals surface area (Å²) in [5.74, 6) is 0.0337. The van der Waals surface area contributed by atoms with Crippen LogP contribution in [0, 0.1) is 0 Å². The van der Waals surface area contributed by atoms with Gasteiger partial charge < -0.3 is 0 Å². The minimum atomic E-state index is -3.25. The monoisotopic (exact) mass is 297 g/mol. The van der Waals surface area contributed by atoms with E-state index in [1.165, 1.54) is 0 Å². The Kier molecular flexibility index (Phi) is 3.80. The standard InChI is InChI=1S/C8H9BrClNO2S/c1-2-14(12,13)11-8-5-6(10)3-4-7(8)9/h3-5,11H,2H2,1H3. The van der Waals surface area contributed by atoms with Crippen LogP contribution in [-0.2, 0) is 10.0 Å². The fourth-order valence-electron chi connectivity index (χ4n) is 0.815. The van der Waals surface area contributed by atoms with Crippen molar-refractivity contribution in [3.8, 4) is 0 Å². The zero-order valence-electron chi connectivity index (χ0n) is 7.42. The van der Waals surface area contributed by atoms with Crippen LogP contribution in [0.25, 0.3) is 0 Å². The summed E-state index contributed by atoms with van der Waals surface area (Å²) < 4.78 is 25.6. The van der Waals surface area contributed by atoms with Crippen molar-refractivity contribution in [1.82, 2.24) is 0 Å². The lowest BCUT2D eigenvalue weighted by atomic mass is 10.3. The number of benzene rings is 1. The van der Waals surface area contributed by atoms with Gasteiger partial charge in [-0.3, -0.25) is 4.72 Å². The van der Waals surface area contributed by atoms with Gasteiger partial charge in [-0.05, 0) is 41.1 Å². The molecule has 78 valence electrons. The van der Waals surface area contributed by atoms with Crippen molar-refractivity contribution < 1.29 is 8.42 Å². The molecule has 1 N–H and O–H groups in total. The van der Waals surface area contributed by atoms with Crippen LogP contribution in [-0.4, -0.2) is 14.2 Å². The van der Waals surface area contributed by atoms with Gasteiger partial charge in [-0.15, -0.1) is 0 Å². The predicted octanol–water partition coefficient (Wildman–Crippen LogP) is 2.86. The van der Waals surface area contributed by atoms with E-state index in [2.05, 4.69) is 20.7 Å². The first-order chi connectivity index (χ1) is 6.44. The Hall–Kier alpha value is -0.260. The number of nitrogens with one attached hydrogen (secondary N) is 1. The number of hydrogen-bond acceptors (Lipinski definition) is 2. The van der Waals surface area contributed by atoms with Crippen molar-refractivity contribution in [1.29, 1.82) is 0 Å². The average Bonchev–Trinajstić information content (AvgIpc) is 2.11. The van der Waals surface area contributed by atoms with Crippen molar-refractivity contribution >= 4 is 43.2 Å². The zero-order valence-corrected chi connectivity index (χ0v) is 10.6. The molecule has 0 fully saturated rings. The predicted molar refractivity (Wildman–Crippen MR) is 62.2 cm³/mol. The van der Waals surface area contributed by atoms with Gasteiger partial charge in [-0.25, -0.2) is 8.42 Å². The quantitative estimate of drug-likeness (QED) is 0.932. The normalized spacial score (nSPS) is 11.4. The number of halogens is 2. The van der Waals surface area contributed by atoms with E-state index in [1.54, 1.807) is 25.1 Å². The molecule has 6 heteroatoms. The smallest absolute Gasteiger partial charge is 0.232 e. The highest BCUT2D eigenvalue weighted by atomic mass is 79.9. The molecule has 0 heterocycles. The lowest BCUT2D eigenvalue weighted by molar-refractivity contribution is 0.602. The molecule has 0 spiro atoms. The Morgan fingerprint density at radius 1 is 1.50 bits per heavy atom. The molecule has 14 heavy (non-hydrogen) atoms. The number of anilines is 1. The Balaban J connectivity index is 3.03. The first-order valence-corrected chi connectivity index (χ1v) is 6.72. The first kappa shape index (κ1) is 11.8. The fraction of sp³-hybridized carbons (Fsp3) is 0.250. The molecule has 0 radical (unpaired) electrons. The van der Waals surface area contributed by atoms with Crippen LogP contribution in [0.2, 0.25) is 5.02 Å². The maximum Gasteiger partial charge on any atom is 0.232 e. The molecule has 0 aliphatic heterocycles. The minimum absolute atomic E-state index is 0.0337. The SMILES string of the molecule is CCS(=O)(=O)Nc1cc(Cl)ccc1Br. The fourth-order valence-corrected chi connectivity index (χ4v) is 2.11. The molecule has 0 aliphatic carbocycles. The molecule has 0 saturated carbocycles. The van der Waals surface area contributed by atoms with Crippen molar-refractivity contribution in [2.24, 2.45) is 0 Å². The van der Waals surface area contributed by atoms with Gasteiger partial charge in [0, 0.05) is 9.50 Å². The van der Waals surface area contributed by atoms with E-state index >= 15 is 0 Å². The van der Waals surface area contributed by atoms with E-state index in [0.717, 1.165) is 0 Å². The van der Waals surface area contributed by atoms with Crippen LogP contribution in [0.3, 0.4) is 0 Å². The van der Waals surface area contributed by atoms with Crippen LogP contribution in [0.5, 0.6) is 0 Å². The highest BCUT2D eigenvalue weighted by Gasteiger charge is 2.09. The Morgan fingerprint density at radius 2 is 2.14 bits per heavy atom. The van der Waals surface area contributed by atoms with Crippen molar-refractivity contribution in [2.75, 3.05) is 10.5 Å². The summed E-state index contributed by atoms with van der Waals surface area (Å²) in [7, 11) is -3.25. The highest BCUT2D eigenvalue weighted by Crippen LogP contribution is 2.26. The molecular weight excluding hydrogens is 290 g/mol. The zero-order chi connectivity index (χ0) is 10.8. The van der Waals surface area contributed by atoms with Gasteiger partial charge in [0.25, 0.3) is 0 Å². The lowest BCUT2D eigenvalue weighted by Gasteiger charge is -2.07. The molecule has 1 aromatic carbocycles. The molecule has 0 amide bonds. The minimum Gasteiger partial charge on any atom is -0.282 e. The van der Waals surface area contributed by atoms with E-state index < -0.39 is 10.0 Å². The van der Waals surface area contributed by atoms with Crippen LogP contribution >= 0.6 is 27.5 Å². The topological polar surface area (TPSA) is 46.2 Å². The molecule has 0 atom stereocenters. The van der Waals surface area contributed by atoms with Crippen LogP contribution in [0.15, 0.2) is 22.7 Å². The van der Waals surface area contributed by atoms with Crippen LogP contribution in [0.4, 0.5) is 5.69 Å². The third-order valence-corrected chi connectivity index (χ3v) is 3.79. The first-order valence-electron chi connectivity index (χ1n) is 3.90. The summed E-state index contributed by atoms with van der Waals surface area (Å²) in [6.07, 6.45) is 0. The van der Waals surface area contributed by atoms with Crippen molar-refractivity contribution in [3.63, 3.8) is 0 Å². The second-order valence-electron chi connectivity index (χ2n) is 2.63. The summed E-state index contributed by atoms with van der Waals surface area (Å²) in [5, 5.41) is 0.488. The van der Waals surface area contributed by atoms with E-state index in [-0.39, 0.29) is 5.75 Å². The highest BCUT2D eigenvalue weighted by molar-refractivity contribution is 9.10. The molecule has 0 aliphatic rings. The summed E-state index contributed by atoms with van der Waals surface area (Å²) in [6, 6.07) is 4.92. The number of sulfonamides is 1. The Morgan fingerprint density at radius 3 is 2.71 bits per heavy atom. The van der Waals surface area contributed by atoms with E-state index in [9.17, 15) is 8.42 Å². The largest absolute Gasteiger partial charge is 0.282 e. The third kappa shape index (κ3) is 3.15. The second kappa shape index (κ2) is 4.51. The van der Waals surface area contributed by atoms with E-state index in [1.807, 2.05) is 0 Å². The van der Waals surface area contributed by atoms with Gasteiger partial charge in [-0.2, -0.15) is 0 Å². The third-order valence-electron chi connectivity index (χ3n) is 1.57. The molecule has 3 nitrogen and oxygen atoms in total. The number of rotatable bonds is 3. The molecule has 1 rings (SSSR count). The van der Waals surface area contributed by atoms with E-state index in [0.29, 0.717) is 15.2 Å². The Labute approximate surface area is 96.6 Å². The number of hydrogen-bond donors (Lipinski definition) is 1. The average molecular weight is 299 g/mol. The van der Waals surface area contributed by atoms with Gasteiger partial charge in [0.15, 0.2) is 0 Å². The molecule has 0 unspecified atom stereocenters. The lowest BCUT2D eigenvalue weighted by Crippen LogP contribution is -2.14. The maximum atomic E-state index is 11.3. The van der Waals surface area contributed by atoms with Crippen molar-refractivity contribution in [3.05, 3.63) is 27.7 Å². The molecule has 0 bridgehead atoms. The van der Waals surface area contributed by atoms with Crippen LogP contribution < -0.4 is 4.72 Å². The molecule has 0 saturated heterocycles. The molecule has 0 aromatic heterocycles. The summed E-state index contributed by atoms with van der Waals surface area (Å²) >= 11 is 8.96. The van der Waals surface area contributed by atoms with Gasteiger partial charge in [0.1, 0.15) is 0 Å². The van der Waals surface area contributed by atoms with Gasteiger partial charge in [-0.1, -0.05) is 11.6 Å². The molecular formula is C8H9BrClNO2S. The van der Waals surface area contributed by atoms with Gasteiger partial charge in [0.2, 0.25) is 10.0 Å². The summed E-state index contributed by atoms with van der Waals surface area (Å²) in [5.41, 5.74) is 0.458.